The molecule has 0 fully saturated rings. The third-order valence-corrected chi connectivity index (χ3v) is 4.45. The molecule has 1 heterocycles. The number of nitrogens with one attached hydrogen (secondary N) is 2. The molecule has 2 N–H and O–H groups in total. The summed E-state index contributed by atoms with van der Waals surface area (Å²) in [5, 5.41) is 5.71. The number of benzene rings is 2. The Labute approximate surface area is 173 Å². The first-order chi connectivity index (χ1) is 14.0. The largest absolute Gasteiger partial charge is 0.326 e. The van der Waals surface area contributed by atoms with Gasteiger partial charge in [-0.1, -0.05) is 36.7 Å². The number of carbonyl (C=O) groups excluding carboxylic acids is 1. The van der Waals surface area contributed by atoms with E-state index >= 15 is 0 Å². The van der Waals surface area contributed by atoms with E-state index in [2.05, 4.69) is 27.5 Å². The van der Waals surface area contributed by atoms with E-state index in [1.54, 1.807) is 18.3 Å². The normalized spacial score (nSPS) is 11.2. The van der Waals surface area contributed by atoms with Crippen LogP contribution in [0.3, 0.4) is 0 Å². The van der Waals surface area contributed by atoms with Crippen LogP contribution in [0.1, 0.15) is 28.5 Å². The minimum Gasteiger partial charge on any atom is -0.326 e. The molecule has 1 aromatic heterocycles. The highest BCUT2D eigenvalue weighted by molar-refractivity contribution is 6.31. The Balaban J connectivity index is 1.80. The van der Waals surface area contributed by atoms with Gasteiger partial charge in [-0.25, -0.2) is 9.38 Å². The van der Waals surface area contributed by atoms with Crippen molar-refractivity contribution in [1.29, 1.82) is 0 Å². The standard InChI is InChI=1S/C22H20ClFN4O/c1-2-15-6-8-16(9-7-15)21(29)28-22(26-14-18-5-3-4-12-25-18)27-17-10-11-20(24)19(23)13-17/h3-13H,2,14H2,1H3,(H2,26,27,28,29). The van der Waals surface area contributed by atoms with Gasteiger partial charge in [0.05, 0.1) is 17.3 Å². The average Bonchev–Trinajstić information content (AvgIpc) is 2.75. The van der Waals surface area contributed by atoms with Crippen LogP contribution in [0.4, 0.5) is 10.1 Å². The van der Waals surface area contributed by atoms with E-state index in [1.807, 2.05) is 30.3 Å². The number of pyridine rings is 1. The zero-order chi connectivity index (χ0) is 20.6. The predicted molar refractivity (Wildman–Crippen MR) is 114 cm³/mol. The summed E-state index contributed by atoms with van der Waals surface area (Å²) in [7, 11) is 0. The molecular formula is C22H20ClFN4O. The number of nitrogens with zero attached hydrogens (tertiary/aromatic N) is 2. The van der Waals surface area contributed by atoms with Crippen molar-refractivity contribution in [2.24, 2.45) is 4.99 Å². The summed E-state index contributed by atoms with van der Waals surface area (Å²) in [6.45, 7) is 2.31. The van der Waals surface area contributed by atoms with Gasteiger partial charge in [0.15, 0.2) is 0 Å². The molecule has 148 valence electrons. The minimum atomic E-state index is -0.524. The van der Waals surface area contributed by atoms with Gasteiger partial charge in [-0.2, -0.15) is 0 Å². The van der Waals surface area contributed by atoms with Gasteiger partial charge < -0.3 is 5.32 Å². The molecule has 29 heavy (non-hydrogen) atoms. The number of guanidine groups is 1. The van der Waals surface area contributed by atoms with Crippen LogP contribution < -0.4 is 10.6 Å². The molecule has 0 aliphatic rings. The molecule has 0 aliphatic heterocycles. The quantitative estimate of drug-likeness (QED) is 0.467. The average molecular weight is 411 g/mol. The Morgan fingerprint density at radius 2 is 1.93 bits per heavy atom. The number of carbonyl (C=O) groups is 1. The van der Waals surface area contributed by atoms with Crippen molar-refractivity contribution in [2.75, 3.05) is 5.32 Å². The minimum absolute atomic E-state index is 0.0273. The van der Waals surface area contributed by atoms with E-state index in [4.69, 9.17) is 11.6 Å². The fourth-order valence-corrected chi connectivity index (χ4v) is 2.72. The number of aliphatic imine (C=N–C) groups is 1. The van der Waals surface area contributed by atoms with Gasteiger partial charge in [0, 0.05) is 17.4 Å². The van der Waals surface area contributed by atoms with Crippen LogP contribution in [-0.2, 0) is 13.0 Å². The van der Waals surface area contributed by atoms with E-state index in [0.717, 1.165) is 17.7 Å². The molecule has 3 aromatic rings. The van der Waals surface area contributed by atoms with Crippen LogP contribution in [0.5, 0.6) is 0 Å². The van der Waals surface area contributed by atoms with Crippen LogP contribution in [-0.4, -0.2) is 16.9 Å². The van der Waals surface area contributed by atoms with Gasteiger partial charge in [0.1, 0.15) is 5.82 Å². The van der Waals surface area contributed by atoms with Gasteiger partial charge >= 0.3 is 0 Å². The topological polar surface area (TPSA) is 66.4 Å². The molecule has 0 saturated heterocycles. The Hall–Kier alpha value is -3.25. The highest BCUT2D eigenvalue weighted by atomic mass is 35.5. The molecule has 0 saturated carbocycles. The molecule has 0 atom stereocenters. The predicted octanol–water partition coefficient (Wildman–Crippen LogP) is 4.83. The Morgan fingerprint density at radius 3 is 2.59 bits per heavy atom. The van der Waals surface area contributed by atoms with Crippen LogP contribution in [0, 0.1) is 5.82 Å². The van der Waals surface area contributed by atoms with Gasteiger partial charge in [0.2, 0.25) is 5.96 Å². The maximum absolute atomic E-state index is 13.4. The first kappa shape index (κ1) is 20.5. The maximum Gasteiger partial charge on any atom is 0.257 e. The number of amides is 1. The molecule has 1 amide bonds. The highest BCUT2D eigenvalue weighted by Crippen LogP contribution is 2.19. The second kappa shape index (κ2) is 9.80. The van der Waals surface area contributed by atoms with Crippen LogP contribution >= 0.6 is 11.6 Å². The van der Waals surface area contributed by atoms with Crippen LogP contribution in [0.15, 0.2) is 71.9 Å². The Kier molecular flexibility index (Phi) is 6.92. The lowest BCUT2D eigenvalue weighted by atomic mass is 10.1. The molecule has 0 spiro atoms. The monoisotopic (exact) mass is 410 g/mol. The molecule has 0 bridgehead atoms. The molecule has 0 aliphatic carbocycles. The second-order valence-electron chi connectivity index (χ2n) is 6.24. The summed E-state index contributed by atoms with van der Waals surface area (Å²) in [6.07, 6.45) is 2.57. The SMILES string of the molecule is CCc1ccc(C(=O)NC(=NCc2ccccn2)Nc2ccc(F)c(Cl)c2)cc1. The van der Waals surface area contributed by atoms with Gasteiger partial charge in [-0.3, -0.25) is 15.1 Å². The summed E-state index contributed by atoms with van der Waals surface area (Å²) < 4.78 is 13.4. The molecular weight excluding hydrogens is 391 g/mol. The number of hydrogen-bond donors (Lipinski definition) is 2. The number of aromatic nitrogens is 1. The molecule has 5 nitrogen and oxygen atoms in total. The number of halogens is 2. The van der Waals surface area contributed by atoms with Gasteiger partial charge in [-0.15, -0.1) is 0 Å². The lowest BCUT2D eigenvalue weighted by Gasteiger charge is -2.12. The number of rotatable bonds is 5. The van der Waals surface area contributed by atoms with Crippen molar-refractivity contribution >= 4 is 29.2 Å². The van der Waals surface area contributed by atoms with E-state index in [9.17, 15) is 9.18 Å². The molecule has 7 heteroatoms. The maximum atomic E-state index is 13.4. The van der Waals surface area contributed by atoms with E-state index in [-0.39, 0.29) is 23.4 Å². The van der Waals surface area contributed by atoms with E-state index in [0.29, 0.717) is 11.3 Å². The summed E-state index contributed by atoms with van der Waals surface area (Å²) >= 11 is 5.85. The van der Waals surface area contributed by atoms with E-state index in [1.165, 1.54) is 18.2 Å². The highest BCUT2D eigenvalue weighted by Gasteiger charge is 2.11. The lowest BCUT2D eigenvalue weighted by molar-refractivity contribution is 0.0977. The van der Waals surface area contributed by atoms with Crippen molar-refractivity contribution in [3.63, 3.8) is 0 Å². The third-order valence-electron chi connectivity index (χ3n) is 4.16. The number of anilines is 1. The van der Waals surface area contributed by atoms with Gasteiger partial charge in [-0.05, 0) is 54.4 Å². The Morgan fingerprint density at radius 1 is 1.14 bits per heavy atom. The van der Waals surface area contributed by atoms with Crippen molar-refractivity contribution in [3.05, 3.63) is 94.5 Å². The molecule has 2 aromatic carbocycles. The first-order valence-electron chi connectivity index (χ1n) is 9.12. The van der Waals surface area contributed by atoms with Gasteiger partial charge in [0.25, 0.3) is 5.91 Å². The molecule has 0 radical (unpaired) electrons. The van der Waals surface area contributed by atoms with E-state index < -0.39 is 5.82 Å². The lowest BCUT2D eigenvalue weighted by Crippen LogP contribution is -2.36. The summed E-state index contributed by atoms with van der Waals surface area (Å²) in [6, 6.07) is 17.0. The van der Waals surface area contributed by atoms with Crippen molar-refractivity contribution in [3.8, 4) is 0 Å². The first-order valence-corrected chi connectivity index (χ1v) is 9.49. The third kappa shape index (κ3) is 5.86. The fraction of sp³-hybridized carbons (Fsp3) is 0.136. The molecule has 0 unspecified atom stereocenters. The smallest absolute Gasteiger partial charge is 0.257 e. The fourth-order valence-electron chi connectivity index (χ4n) is 2.54. The van der Waals surface area contributed by atoms with Crippen LogP contribution in [0.2, 0.25) is 5.02 Å². The zero-order valence-electron chi connectivity index (χ0n) is 15.8. The summed E-state index contributed by atoms with van der Waals surface area (Å²) in [5.74, 6) is -0.625. The number of hydrogen-bond acceptors (Lipinski definition) is 3. The summed E-state index contributed by atoms with van der Waals surface area (Å²) in [5.41, 5.74) is 2.89. The second-order valence-corrected chi connectivity index (χ2v) is 6.65. The number of aryl methyl sites for hydroxylation is 1. The van der Waals surface area contributed by atoms with Crippen molar-refractivity contribution < 1.29 is 9.18 Å². The summed E-state index contributed by atoms with van der Waals surface area (Å²) in [4.78, 5) is 21.3. The Bertz CT molecular complexity index is 1010. The van der Waals surface area contributed by atoms with Crippen molar-refractivity contribution in [1.82, 2.24) is 10.3 Å². The molecule has 3 rings (SSSR count). The van der Waals surface area contributed by atoms with Crippen LogP contribution in [0.25, 0.3) is 0 Å². The van der Waals surface area contributed by atoms with Crippen molar-refractivity contribution in [2.45, 2.75) is 19.9 Å². The zero-order valence-corrected chi connectivity index (χ0v) is 16.6.